The van der Waals surface area contributed by atoms with Gasteiger partial charge in [-0.1, -0.05) is 30.3 Å². The van der Waals surface area contributed by atoms with Crippen molar-refractivity contribution in [2.24, 2.45) is 4.99 Å². The maximum atomic E-state index is 9.40. The summed E-state index contributed by atoms with van der Waals surface area (Å²) < 4.78 is 0. The number of nitrogens with zero attached hydrogens (tertiary/aromatic N) is 2. The van der Waals surface area contributed by atoms with Gasteiger partial charge in [0, 0.05) is 11.6 Å². The molecule has 1 N–H and O–H groups in total. The van der Waals surface area contributed by atoms with Gasteiger partial charge >= 0.3 is 0 Å². The lowest BCUT2D eigenvalue weighted by Crippen LogP contribution is -2.05. The first-order chi connectivity index (χ1) is 8.31. The van der Waals surface area contributed by atoms with Crippen LogP contribution in [0.1, 0.15) is 23.5 Å². The van der Waals surface area contributed by atoms with Crippen LogP contribution >= 0.6 is 11.3 Å². The molecule has 0 saturated carbocycles. The molecule has 0 fully saturated rings. The van der Waals surface area contributed by atoms with E-state index in [0.29, 0.717) is 0 Å². The minimum Gasteiger partial charge on any atom is -0.394 e. The van der Waals surface area contributed by atoms with E-state index in [1.165, 1.54) is 0 Å². The van der Waals surface area contributed by atoms with Crippen LogP contribution in [0.15, 0.2) is 46.9 Å². The van der Waals surface area contributed by atoms with Crippen molar-refractivity contribution >= 4 is 17.0 Å². The van der Waals surface area contributed by atoms with Gasteiger partial charge in [-0.2, -0.15) is 0 Å². The van der Waals surface area contributed by atoms with Gasteiger partial charge in [0.15, 0.2) is 0 Å². The van der Waals surface area contributed by atoms with Crippen molar-refractivity contribution in [2.45, 2.75) is 13.0 Å². The third-order valence-electron chi connectivity index (χ3n) is 2.45. The summed E-state index contributed by atoms with van der Waals surface area (Å²) in [6.07, 6.45) is 1.76. The summed E-state index contributed by atoms with van der Waals surface area (Å²) in [5.41, 5.74) is 1.88. The normalized spacial score (nSPS) is 13.6. The molecule has 17 heavy (non-hydrogen) atoms. The van der Waals surface area contributed by atoms with Gasteiger partial charge in [0.05, 0.1) is 18.4 Å². The summed E-state index contributed by atoms with van der Waals surface area (Å²) >= 11 is 1.56. The van der Waals surface area contributed by atoms with Gasteiger partial charge in [0.25, 0.3) is 0 Å². The minimum absolute atomic E-state index is 0.00668. The topological polar surface area (TPSA) is 45.5 Å². The maximum Gasteiger partial charge on any atom is 0.136 e. The Balaban J connectivity index is 2.23. The molecule has 1 heterocycles. The van der Waals surface area contributed by atoms with Gasteiger partial charge < -0.3 is 5.11 Å². The zero-order valence-electron chi connectivity index (χ0n) is 9.58. The predicted octanol–water partition coefficient (Wildman–Crippen LogP) is 2.69. The fourth-order valence-electron chi connectivity index (χ4n) is 1.59. The first-order valence-electron chi connectivity index (χ1n) is 5.41. The van der Waals surface area contributed by atoms with Crippen LogP contribution in [0, 0.1) is 0 Å². The SMILES string of the molecule is CC(=N[C@H](CO)c1ccccc1)c1nccs1. The number of aromatic nitrogens is 1. The number of rotatable bonds is 4. The average molecular weight is 246 g/mol. The van der Waals surface area contributed by atoms with Crippen LogP contribution in [-0.4, -0.2) is 22.4 Å². The van der Waals surface area contributed by atoms with Gasteiger partial charge in [0.1, 0.15) is 5.01 Å². The van der Waals surface area contributed by atoms with Gasteiger partial charge in [0.2, 0.25) is 0 Å². The molecule has 0 saturated heterocycles. The molecule has 0 radical (unpaired) electrons. The fourth-order valence-corrected chi connectivity index (χ4v) is 2.18. The highest BCUT2D eigenvalue weighted by molar-refractivity contribution is 7.11. The van der Waals surface area contributed by atoms with Gasteiger partial charge in [-0.05, 0) is 12.5 Å². The molecule has 0 unspecified atom stereocenters. The number of hydrogen-bond donors (Lipinski definition) is 1. The van der Waals surface area contributed by atoms with Crippen molar-refractivity contribution in [3.05, 3.63) is 52.5 Å². The third-order valence-corrected chi connectivity index (χ3v) is 3.33. The fraction of sp³-hybridized carbons (Fsp3) is 0.231. The molecule has 0 spiro atoms. The first kappa shape index (κ1) is 12.0. The van der Waals surface area contributed by atoms with E-state index >= 15 is 0 Å². The predicted molar refractivity (Wildman–Crippen MR) is 70.6 cm³/mol. The zero-order valence-corrected chi connectivity index (χ0v) is 10.4. The Morgan fingerprint density at radius 1 is 1.41 bits per heavy atom. The molecular formula is C13H14N2OS. The second-order valence-corrected chi connectivity index (χ2v) is 4.56. The Morgan fingerprint density at radius 3 is 2.76 bits per heavy atom. The highest BCUT2D eigenvalue weighted by atomic mass is 32.1. The summed E-state index contributed by atoms with van der Waals surface area (Å²) in [7, 11) is 0. The lowest BCUT2D eigenvalue weighted by atomic mass is 10.1. The molecule has 0 aliphatic heterocycles. The van der Waals surface area contributed by atoms with Crippen LogP contribution in [0.2, 0.25) is 0 Å². The van der Waals surface area contributed by atoms with Crippen molar-refractivity contribution in [1.82, 2.24) is 4.98 Å². The maximum absolute atomic E-state index is 9.40. The number of aliphatic hydroxyl groups excluding tert-OH is 1. The number of aliphatic hydroxyl groups is 1. The molecule has 0 bridgehead atoms. The summed E-state index contributed by atoms with van der Waals surface area (Å²) in [5, 5.41) is 12.2. The molecule has 0 aliphatic rings. The molecule has 1 aromatic carbocycles. The number of hydrogen-bond acceptors (Lipinski definition) is 4. The van der Waals surface area contributed by atoms with Crippen molar-refractivity contribution in [3.63, 3.8) is 0 Å². The number of benzene rings is 1. The average Bonchev–Trinajstić information content (AvgIpc) is 2.90. The van der Waals surface area contributed by atoms with Crippen molar-refractivity contribution in [2.75, 3.05) is 6.61 Å². The molecule has 1 atom stereocenters. The van der Waals surface area contributed by atoms with Gasteiger partial charge in [-0.3, -0.25) is 4.99 Å². The van der Waals surface area contributed by atoms with E-state index < -0.39 is 0 Å². The Bertz CT molecular complexity index is 479. The smallest absolute Gasteiger partial charge is 0.136 e. The van der Waals surface area contributed by atoms with E-state index in [2.05, 4.69) is 9.98 Å². The van der Waals surface area contributed by atoms with Crippen LogP contribution in [0.5, 0.6) is 0 Å². The molecule has 2 rings (SSSR count). The number of thiazole rings is 1. The van der Waals surface area contributed by atoms with E-state index in [-0.39, 0.29) is 12.6 Å². The van der Waals surface area contributed by atoms with E-state index in [1.54, 1.807) is 17.5 Å². The molecule has 0 amide bonds. The first-order valence-corrected chi connectivity index (χ1v) is 6.29. The lowest BCUT2D eigenvalue weighted by molar-refractivity contribution is 0.269. The minimum atomic E-state index is -0.208. The Kier molecular flexibility index (Phi) is 4.01. The molecule has 0 aliphatic carbocycles. The van der Waals surface area contributed by atoms with Crippen LogP contribution in [-0.2, 0) is 0 Å². The highest BCUT2D eigenvalue weighted by Crippen LogP contribution is 2.18. The second kappa shape index (κ2) is 5.70. The largest absolute Gasteiger partial charge is 0.394 e. The molecule has 3 nitrogen and oxygen atoms in total. The second-order valence-electron chi connectivity index (χ2n) is 3.66. The van der Waals surface area contributed by atoms with Crippen LogP contribution in [0.4, 0.5) is 0 Å². The number of aliphatic imine (C=N–C) groups is 1. The quantitative estimate of drug-likeness (QED) is 0.843. The molecule has 1 aromatic heterocycles. The van der Waals surface area contributed by atoms with Gasteiger partial charge in [-0.15, -0.1) is 11.3 Å². The van der Waals surface area contributed by atoms with E-state index in [9.17, 15) is 5.11 Å². The van der Waals surface area contributed by atoms with Crippen LogP contribution in [0.25, 0.3) is 0 Å². The Labute approximate surface area is 104 Å². The molecule has 2 aromatic rings. The Morgan fingerprint density at radius 2 is 2.18 bits per heavy atom. The highest BCUT2D eigenvalue weighted by Gasteiger charge is 2.09. The molecular weight excluding hydrogens is 232 g/mol. The molecule has 88 valence electrons. The van der Waals surface area contributed by atoms with Gasteiger partial charge in [-0.25, -0.2) is 4.98 Å². The van der Waals surface area contributed by atoms with Crippen molar-refractivity contribution < 1.29 is 5.11 Å². The monoisotopic (exact) mass is 246 g/mol. The lowest BCUT2D eigenvalue weighted by Gasteiger charge is -2.10. The van der Waals surface area contributed by atoms with Crippen molar-refractivity contribution in [3.8, 4) is 0 Å². The van der Waals surface area contributed by atoms with Crippen LogP contribution < -0.4 is 0 Å². The standard InChI is InChI=1S/C13H14N2OS/c1-10(13-14-7-8-17-13)15-12(9-16)11-5-3-2-4-6-11/h2-8,12,16H,9H2,1H3/t12-/m1/s1. The summed E-state index contributed by atoms with van der Waals surface area (Å²) in [6.45, 7) is 1.93. The molecule has 4 heteroatoms. The van der Waals surface area contributed by atoms with E-state index in [1.807, 2.05) is 42.6 Å². The van der Waals surface area contributed by atoms with E-state index in [0.717, 1.165) is 16.3 Å². The zero-order chi connectivity index (χ0) is 12.1. The summed E-state index contributed by atoms with van der Waals surface area (Å²) in [5.74, 6) is 0. The van der Waals surface area contributed by atoms with Crippen LogP contribution in [0.3, 0.4) is 0 Å². The third kappa shape index (κ3) is 2.99. The summed E-state index contributed by atoms with van der Waals surface area (Å²) in [6, 6.07) is 9.59. The van der Waals surface area contributed by atoms with E-state index in [4.69, 9.17) is 0 Å². The Hall–Kier alpha value is -1.52. The van der Waals surface area contributed by atoms with Crippen molar-refractivity contribution in [1.29, 1.82) is 0 Å². The summed E-state index contributed by atoms with van der Waals surface area (Å²) in [4.78, 5) is 8.73.